The van der Waals surface area contributed by atoms with E-state index in [1.807, 2.05) is 31.2 Å². The fourth-order valence-electron chi connectivity index (χ4n) is 2.49. The third-order valence-electron chi connectivity index (χ3n) is 4.22. The zero-order valence-corrected chi connectivity index (χ0v) is 17.3. The predicted molar refractivity (Wildman–Crippen MR) is 106 cm³/mol. The summed E-state index contributed by atoms with van der Waals surface area (Å²) in [6, 6.07) is 13.2. The molecule has 0 aliphatic rings. The largest absolute Gasteiger partial charge is 0.449 e. The van der Waals surface area contributed by atoms with Crippen LogP contribution in [0.3, 0.4) is 0 Å². The molecule has 1 atom stereocenters. The molecule has 1 aromatic heterocycles. The van der Waals surface area contributed by atoms with Crippen LogP contribution < -0.4 is 0 Å². The molecule has 152 valence electrons. The van der Waals surface area contributed by atoms with Crippen LogP contribution in [0.2, 0.25) is 0 Å². The van der Waals surface area contributed by atoms with E-state index < -0.39 is 22.1 Å². The molecule has 0 fully saturated rings. The van der Waals surface area contributed by atoms with Crippen molar-refractivity contribution in [2.75, 3.05) is 14.1 Å². The van der Waals surface area contributed by atoms with Crippen molar-refractivity contribution in [2.45, 2.75) is 24.8 Å². The number of aryl methyl sites for hydroxylation is 1. The molecule has 1 heterocycles. The number of benzene rings is 2. The maximum atomic E-state index is 12.5. The molecule has 0 unspecified atom stereocenters. The molecule has 0 saturated carbocycles. The number of hydrogen-bond acceptors (Lipinski definition) is 7. The van der Waals surface area contributed by atoms with Crippen LogP contribution >= 0.6 is 0 Å². The van der Waals surface area contributed by atoms with Gasteiger partial charge in [0.1, 0.15) is 0 Å². The maximum absolute atomic E-state index is 12.5. The highest BCUT2D eigenvalue weighted by molar-refractivity contribution is 7.89. The number of nitrogens with zero attached hydrogens (tertiary/aromatic N) is 3. The third-order valence-corrected chi connectivity index (χ3v) is 6.03. The summed E-state index contributed by atoms with van der Waals surface area (Å²) in [7, 11) is -0.819. The Morgan fingerprint density at radius 1 is 1.10 bits per heavy atom. The van der Waals surface area contributed by atoms with Gasteiger partial charge >= 0.3 is 5.97 Å². The summed E-state index contributed by atoms with van der Waals surface area (Å²) in [5.74, 6) is -0.226. The van der Waals surface area contributed by atoms with Gasteiger partial charge < -0.3 is 9.15 Å². The van der Waals surface area contributed by atoms with Crippen LogP contribution in [0.4, 0.5) is 0 Å². The lowest BCUT2D eigenvalue weighted by molar-refractivity contribution is 0.0279. The molecule has 9 heteroatoms. The standard InChI is InChI=1S/C20H21N3O5S/c1-13-8-10-15(11-9-13)19-22-21-18(28-19)14(2)27-20(24)16-6-5-7-17(12-16)29(25,26)23(3)4/h5-12,14H,1-4H3/t14-/m1/s1. The van der Waals surface area contributed by atoms with Crippen LogP contribution in [0.5, 0.6) is 0 Å². The molecule has 0 saturated heterocycles. The first-order chi connectivity index (χ1) is 13.7. The molecular weight excluding hydrogens is 394 g/mol. The summed E-state index contributed by atoms with van der Waals surface area (Å²) >= 11 is 0. The van der Waals surface area contributed by atoms with Gasteiger partial charge in [0.15, 0.2) is 6.10 Å². The van der Waals surface area contributed by atoms with E-state index in [1.165, 1.54) is 38.4 Å². The lowest BCUT2D eigenvalue weighted by Crippen LogP contribution is -2.22. The second-order valence-electron chi connectivity index (χ2n) is 6.67. The Balaban J connectivity index is 1.75. The molecule has 2 aromatic carbocycles. The molecular formula is C20H21N3O5S. The fraction of sp³-hybridized carbons (Fsp3) is 0.250. The van der Waals surface area contributed by atoms with E-state index in [-0.39, 0.29) is 16.3 Å². The second kappa shape index (κ2) is 8.14. The molecule has 0 spiro atoms. The number of rotatable bonds is 6. The topological polar surface area (TPSA) is 103 Å². The minimum atomic E-state index is -3.66. The van der Waals surface area contributed by atoms with Crippen LogP contribution in [-0.4, -0.2) is 43.0 Å². The Morgan fingerprint density at radius 3 is 2.45 bits per heavy atom. The highest BCUT2D eigenvalue weighted by atomic mass is 32.2. The normalized spacial score (nSPS) is 12.7. The smallest absolute Gasteiger partial charge is 0.338 e. The molecule has 3 rings (SSSR count). The van der Waals surface area contributed by atoms with Crippen LogP contribution in [0.25, 0.3) is 11.5 Å². The van der Waals surface area contributed by atoms with Crippen molar-refractivity contribution in [2.24, 2.45) is 0 Å². The van der Waals surface area contributed by atoms with Gasteiger partial charge in [-0.1, -0.05) is 23.8 Å². The Bertz CT molecular complexity index is 1120. The van der Waals surface area contributed by atoms with Crippen molar-refractivity contribution < 1.29 is 22.4 Å². The van der Waals surface area contributed by atoms with Crippen LogP contribution in [-0.2, 0) is 14.8 Å². The van der Waals surface area contributed by atoms with E-state index in [2.05, 4.69) is 10.2 Å². The lowest BCUT2D eigenvalue weighted by atomic mass is 10.1. The molecule has 0 bridgehead atoms. The molecule has 0 amide bonds. The van der Waals surface area contributed by atoms with Crippen molar-refractivity contribution in [3.05, 3.63) is 65.5 Å². The highest BCUT2D eigenvalue weighted by Crippen LogP contribution is 2.24. The van der Waals surface area contributed by atoms with Crippen molar-refractivity contribution in [3.8, 4) is 11.5 Å². The summed E-state index contributed by atoms with van der Waals surface area (Å²) in [5, 5.41) is 7.94. The quantitative estimate of drug-likeness (QED) is 0.570. The molecule has 3 aromatic rings. The summed E-state index contributed by atoms with van der Waals surface area (Å²) in [6.45, 7) is 3.58. The third kappa shape index (κ3) is 4.52. The second-order valence-corrected chi connectivity index (χ2v) is 8.83. The van der Waals surface area contributed by atoms with Gasteiger partial charge in [0.25, 0.3) is 5.89 Å². The van der Waals surface area contributed by atoms with Gasteiger partial charge in [0, 0.05) is 19.7 Å². The van der Waals surface area contributed by atoms with Crippen LogP contribution in [0.1, 0.15) is 34.8 Å². The van der Waals surface area contributed by atoms with Gasteiger partial charge in [0.05, 0.1) is 10.5 Å². The number of esters is 1. The van der Waals surface area contributed by atoms with Gasteiger partial charge in [0.2, 0.25) is 15.9 Å². The number of carbonyl (C=O) groups is 1. The minimum Gasteiger partial charge on any atom is -0.449 e. The van der Waals surface area contributed by atoms with Crippen LogP contribution in [0.15, 0.2) is 57.8 Å². The fourth-order valence-corrected chi connectivity index (χ4v) is 3.43. The zero-order chi connectivity index (χ0) is 21.2. The van der Waals surface area contributed by atoms with Gasteiger partial charge in [-0.25, -0.2) is 17.5 Å². The van der Waals surface area contributed by atoms with Crippen molar-refractivity contribution in [3.63, 3.8) is 0 Å². The van der Waals surface area contributed by atoms with Crippen LogP contribution in [0, 0.1) is 6.92 Å². The van der Waals surface area contributed by atoms with Crippen molar-refractivity contribution in [1.29, 1.82) is 0 Å². The van der Waals surface area contributed by atoms with E-state index in [0.29, 0.717) is 5.89 Å². The summed E-state index contributed by atoms with van der Waals surface area (Å²) in [5.41, 5.74) is 1.97. The monoisotopic (exact) mass is 415 g/mol. The van der Waals surface area contributed by atoms with Gasteiger partial charge in [-0.3, -0.25) is 0 Å². The van der Waals surface area contributed by atoms with E-state index in [9.17, 15) is 13.2 Å². The van der Waals surface area contributed by atoms with Crippen molar-refractivity contribution >= 4 is 16.0 Å². The minimum absolute atomic E-state index is 0.00375. The number of ether oxygens (including phenoxy) is 1. The Morgan fingerprint density at radius 2 is 1.79 bits per heavy atom. The number of sulfonamides is 1. The van der Waals surface area contributed by atoms with E-state index in [4.69, 9.17) is 9.15 Å². The van der Waals surface area contributed by atoms with Gasteiger partial charge in [-0.05, 0) is 44.2 Å². The maximum Gasteiger partial charge on any atom is 0.338 e. The summed E-state index contributed by atoms with van der Waals surface area (Å²) in [6.07, 6.45) is -0.802. The average Bonchev–Trinajstić information content (AvgIpc) is 3.19. The molecule has 0 aliphatic carbocycles. The summed E-state index contributed by atoms with van der Waals surface area (Å²) in [4.78, 5) is 12.5. The van der Waals surface area contributed by atoms with Crippen molar-refractivity contribution in [1.82, 2.24) is 14.5 Å². The zero-order valence-electron chi connectivity index (χ0n) is 16.5. The molecule has 0 aliphatic heterocycles. The molecule has 0 N–H and O–H groups in total. The van der Waals surface area contributed by atoms with Gasteiger partial charge in [-0.15, -0.1) is 10.2 Å². The predicted octanol–water partition coefficient (Wildman–Crippen LogP) is 3.21. The Hall–Kier alpha value is -3.04. The molecule has 8 nitrogen and oxygen atoms in total. The number of hydrogen-bond donors (Lipinski definition) is 0. The van der Waals surface area contributed by atoms with E-state index in [0.717, 1.165) is 15.4 Å². The molecule has 29 heavy (non-hydrogen) atoms. The first kappa shape index (κ1) is 20.7. The van der Waals surface area contributed by atoms with E-state index >= 15 is 0 Å². The Kier molecular flexibility index (Phi) is 5.81. The first-order valence-corrected chi connectivity index (χ1v) is 10.3. The first-order valence-electron chi connectivity index (χ1n) is 8.82. The summed E-state index contributed by atoms with van der Waals surface area (Å²) < 4.78 is 36.6. The average molecular weight is 415 g/mol. The number of aromatic nitrogens is 2. The Labute approximate surface area is 169 Å². The number of carbonyl (C=O) groups excluding carboxylic acids is 1. The SMILES string of the molecule is Cc1ccc(-c2nnc([C@@H](C)OC(=O)c3cccc(S(=O)(=O)N(C)C)c3)o2)cc1. The van der Waals surface area contributed by atoms with E-state index in [1.54, 1.807) is 6.92 Å². The lowest BCUT2D eigenvalue weighted by Gasteiger charge is -2.13. The van der Waals surface area contributed by atoms with Gasteiger partial charge in [-0.2, -0.15) is 0 Å². The highest BCUT2D eigenvalue weighted by Gasteiger charge is 2.22. The molecule has 0 radical (unpaired) electrons.